The van der Waals surface area contributed by atoms with Crippen LogP contribution in [0.15, 0.2) is 40.5 Å². The molecule has 25 heavy (non-hydrogen) atoms. The molecule has 0 bridgehead atoms. The van der Waals surface area contributed by atoms with Crippen molar-refractivity contribution in [1.82, 2.24) is 25.4 Å². The van der Waals surface area contributed by atoms with E-state index in [2.05, 4.69) is 32.4 Å². The Kier molecular flexibility index (Phi) is 8.10. The summed E-state index contributed by atoms with van der Waals surface area (Å²) in [4.78, 5) is 4.47. The summed E-state index contributed by atoms with van der Waals surface area (Å²) in [6, 6.07) is 3.48. The first-order valence-electron chi connectivity index (χ1n) is 7.68. The Labute approximate surface area is 164 Å². The Balaban J connectivity index is 0.00000312. The number of hydrogen-bond acceptors (Lipinski definition) is 5. The van der Waals surface area contributed by atoms with E-state index in [1.807, 2.05) is 18.5 Å². The van der Waals surface area contributed by atoms with Crippen molar-refractivity contribution in [3.8, 4) is 0 Å². The van der Waals surface area contributed by atoms with Gasteiger partial charge in [-0.05, 0) is 26.0 Å². The standard InChI is InChI=1S/C16H24N6O2.HI/c1-5-8-17-15(18-10-14-21-20-12(2)22(14)4)19-11-16(3,23)13-7-6-9-24-13;/h5-7,9,23H,1,8,10-11H2,2-4H3,(H2,17,18,19);1H. The molecule has 3 N–H and O–H groups in total. The minimum Gasteiger partial charge on any atom is -0.466 e. The van der Waals surface area contributed by atoms with E-state index in [-0.39, 0.29) is 30.5 Å². The smallest absolute Gasteiger partial charge is 0.192 e. The van der Waals surface area contributed by atoms with Gasteiger partial charge in [0.25, 0.3) is 0 Å². The summed E-state index contributed by atoms with van der Waals surface area (Å²) < 4.78 is 7.15. The number of aryl methyl sites for hydroxylation is 1. The molecule has 0 aliphatic carbocycles. The van der Waals surface area contributed by atoms with Gasteiger partial charge in [0.1, 0.15) is 23.7 Å². The largest absolute Gasteiger partial charge is 0.466 e. The molecule has 0 spiro atoms. The molecule has 0 aliphatic rings. The van der Waals surface area contributed by atoms with Crippen molar-refractivity contribution in [3.63, 3.8) is 0 Å². The van der Waals surface area contributed by atoms with Crippen LogP contribution in [-0.4, -0.2) is 38.9 Å². The Morgan fingerprint density at radius 3 is 2.80 bits per heavy atom. The fourth-order valence-corrected chi connectivity index (χ4v) is 2.01. The summed E-state index contributed by atoms with van der Waals surface area (Å²) in [7, 11) is 1.89. The average molecular weight is 460 g/mol. The SMILES string of the molecule is C=CCNC(=NCc1nnc(C)n1C)NCC(C)(O)c1ccco1.I. The number of halogens is 1. The molecule has 0 saturated heterocycles. The zero-order chi connectivity index (χ0) is 17.6. The highest BCUT2D eigenvalue weighted by Gasteiger charge is 2.26. The minimum absolute atomic E-state index is 0. The summed E-state index contributed by atoms with van der Waals surface area (Å²) in [5, 5.41) is 24.8. The van der Waals surface area contributed by atoms with Gasteiger partial charge < -0.3 is 24.7 Å². The van der Waals surface area contributed by atoms with Gasteiger partial charge in [-0.3, -0.25) is 0 Å². The Bertz CT molecular complexity index is 694. The number of nitrogens with one attached hydrogen (secondary N) is 2. The van der Waals surface area contributed by atoms with Crippen LogP contribution in [0.4, 0.5) is 0 Å². The number of rotatable bonds is 7. The maximum absolute atomic E-state index is 10.5. The maximum Gasteiger partial charge on any atom is 0.192 e. The highest BCUT2D eigenvalue weighted by atomic mass is 127. The highest BCUT2D eigenvalue weighted by Crippen LogP contribution is 2.19. The van der Waals surface area contributed by atoms with Gasteiger partial charge in [-0.2, -0.15) is 0 Å². The zero-order valence-electron chi connectivity index (χ0n) is 14.7. The van der Waals surface area contributed by atoms with Gasteiger partial charge in [0, 0.05) is 13.6 Å². The Morgan fingerprint density at radius 1 is 1.48 bits per heavy atom. The minimum atomic E-state index is -1.15. The third-order valence-corrected chi connectivity index (χ3v) is 3.63. The number of aliphatic imine (C=N–C) groups is 1. The van der Waals surface area contributed by atoms with E-state index in [1.165, 1.54) is 6.26 Å². The van der Waals surface area contributed by atoms with E-state index in [0.29, 0.717) is 24.8 Å². The van der Waals surface area contributed by atoms with Gasteiger partial charge in [-0.25, -0.2) is 4.99 Å². The Hall–Kier alpha value is -1.88. The van der Waals surface area contributed by atoms with Crippen molar-refractivity contribution in [2.75, 3.05) is 13.1 Å². The lowest BCUT2D eigenvalue weighted by Gasteiger charge is -2.22. The van der Waals surface area contributed by atoms with Crippen LogP contribution in [0.25, 0.3) is 0 Å². The molecule has 1 atom stereocenters. The van der Waals surface area contributed by atoms with Crippen LogP contribution >= 0.6 is 24.0 Å². The third-order valence-electron chi connectivity index (χ3n) is 3.63. The molecule has 8 nitrogen and oxygen atoms in total. The fourth-order valence-electron chi connectivity index (χ4n) is 2.01. The van der Waals surface area contributed by atoms with Crippen LogP contribution in [0, 0.1) is 6.92 Å². The summed E-state index contributed by atoms with van der Waals surface area (Å²) in [5.74, 6) is 2.61. The number of aromatic nitrogens is 3. The second-order valence-electron chi connectivity index (χ2n) is 5.66. The molecular weight excluding hydrogens is 435 g/mol. The molecule has 2 rings (SSSR count). The van der Waals surface area contributed by atoms with Crippen LogP contribution < -0.4 is 10.6 Å². The van der Waals surface area contributed by atoms with Crippen molar-refractivity contribution in [2.24, 2.45) is 12.0 Å². The first-order valence-corrected chi connectivity index (χ1v) is 7.68. The van der Waals surface area contributed by atoms with Crippen molar-refractivity contribution in [1.29, 1.82) is 0 Å². The quantitative estimate of drug-likeness (QED) is 0.251. The maximum atomic E-state index is 10.5. The van der Waals surface area contributed by atoms with Crippen LogP contribution in [0.3, 0.4) is 0 Å². The second kappa shape index (κ2) is 9.56. The van der Waals surface area contributed by atoms with Crippen LogP contribution in [0.1, 0.15) is 24.3 Å². The molecule has 0 amide bonds. The lowest BCUT2D eigenvalue weighted by molar-refractivity contribution is 0.0386. The predicted octanol–water partition coefficient (Wildman–Crippen LogP) is 1.46. The van der Waals surface area contributed by atoms with E-state index in [9.17, 15) is 5.11 Å². The number of aliphatic hydroxyl groups is 1. The van der Waals surface area contributed by atoms with Crippen molar-refractivity contribution >= 4 is 29.9 Å². The van der Waals surface area contributed by atoms with Gasteiger partial charge in [-0.15, -0.1) is 40.8 Å². The monoisotopic (exact) mass is 460 g/mol. The molecule has 2 aromatic heterocycles. The van der Waals surface area contributed by atoms with E-state index in [0.717, 1.165) is 11.6 Å². The number of nitrogens with zero attached hydrogens (tertiary/aromatic N) is 4. The van der Waals surface area contributed by atoms with E-state index < -0.39 is 5.60 Å². The second-order valence-corrected chi connectivity index (χ2v) is 5.66. The average Bonchev–Trinajstić information content (AvgIpc) is 3.20. The lowest BCUT2D eigenvalue weighted by atomic mass is 10.0. The zero-order valence-corrected chi connectivity index (χ0v) is 17.0. The molecule has 2 heterocycles. The van der Waals surface area contributed by atoms with Gasteiger partial charge in [0.15, 0.2) is 11.8 Å². The van der Waals surface area contributed by atoms with E-state index in [1.54, 1.807) is 25.1 Å². The molecular formula is C16H25IN6O2. The molecule has 138 valence electrons. The highest BCUT2D eigenvalue weighted by molar-refractivity contribution is 14.0. The summed E-state index contributed by atoms with van der Waals surface area (Å²) >= 11 is 0. The molecule has 0 fully saturated rings. The van der Waals surface area contributed by atoms with Gasteiger partial charge in [0.05, 0.1) is 12.8 Å². The number of furan rings is 1. The van der Waals surface area contributed by atoms with Crippen molar-refractivity contribution < 1.29 is 9.52 Å². The van der Waals surface area contributed by atoms with Crippen LogP contribution in [0.2, 0.25) is 0 Å². The fraction of sp³-hybridized carbons (Fsp3) is 0.438. The molecule has 0 aliphatic heterocycles. The number of hydrogen-bond donors (Lipinski definition) is 3. The molecule has 9 heteroatoms. The topological polar surface area (TPSA) is 100 Å². The summed E-state index contributed by atoms with van der Waals surface area (Å²) in [5.41, 5.74) is -1.15. The molecule has 2 aromatic rings. The summed E-state index contributed by atoms with van der Waals surface area (Å²) in [6.45, 7) is 8.40. The van der Waals surface area contributed by atoms with Crippen molar-refractivity contribution in [2.45, 2.75) is 26.0 Å². The molecule has 1 unspecified atom stereocenters. The third kappa shape index (κ3) is 5.85. The van der Waals surface area contributed by atoms with Crippen molar-refractivity contribution in [3.05, 3.63) is 48.5 Å². The van der Waals surface area contributed by atoms with Crippen LogP contribution in [-0.2, 0) is 19.2 Å². The van der Waals surface area contributed by atoms with Gasteiger partial charge in [-0.1, -0.05) is 6.08 Å². The first-order chi connectivity index (χ1) is 11.4. The normalized spacial score (nSPS) is 13.7. The van der Waals surface area contributed by atoms with Gasteiger partial charge in [0.2, 0.25) is 0 Å². The van der Waals surface area contributed by atoms with E-state index in [4.69, 9.17) is 4.42 Å². The van der Waals surface area contributed by atoms with Crippen LogP contribution in [0.5, 0.6) is 0 Å². The lowest BCUT2D eigenvalue weighted by Crippen LogP contribution is -2.44. The van der Waals surface area contributed by atoms with E-state index >= 15 is 0 Å². The van der Waals surface area contributed by atoms with Gasteiger partial charge >= 0.3 is 0 Å². The Morgan fingerprint density at radius 2 is 2.24 bits per heavy atom. The molecule has 0 radical (unpaired) electrons. The summed E-state index contributed by atoms with van der Waals surface area (Å²) in [6.07, 6.45) is 3.26. The molecule has 0 saturated carbocycles. The molecule has 0 aromatic carbocycles. The number of guanidine groups is 1. The predicted molar refractivity (Wildman–Crippen MR) is 107 cm³/mol. The first kappa shape index (κ1) is 21.2.